The lowest BCUT2D eigenvalue weighted by Gasteiger charge is -2.19. The topological polar surface area (TPSA) is 21.3 Å². The minimum atomic E-state index is -0.888. The van der Waals surface area contributed by atoms with Crippen LogP contribution in [0.25, 0.3) is 0 Å². The van der Waals surface area contributed by atoms with Crippen LogP contribution in [0.15, 0.2) is 12.1 Å². The third-order valence-corrected chi connectivity index (χ3v) is 2.86. The third-order valence-electron chi connectivity index (χ3n) is 2.86. The van der Waals surface area contributed by atoms with Gasteiger partial charge in [-0.3, -0.25) is 0 Å². The molecule has 0 saturated carbocycles. The van der Waals surface area contributed by atoms with E-state index in [2.05, 4.69) is 5.32 Å². The van der Waals surface area contributed by atoms with Crippen molar-refractivity contribution in [2.24, 2.45) is 0 Å². The van der Waals surface area contributed by atoms with E-state index in [-0.39, 0.29) is 24.3 Å². The van der Waals surface area contributed by atoms with E-state index in [1.807, 2.05) is 14.0 Å². The Balaban J connectivity index is 0.00000324. The summed E-state index contributed by atoms with van der Waals surface area (Å²) in [5.41, 5.74) is 0.294. The molecule has 19 heavy (non-hydrogen) atoms. The molecule has 0 spiro atoms. The molecule has 0 aliphatic heterocycles. The second-order valence-electron chi connectivity index (χ2n) is 4.43. The Morgan fingerprint density at radius 2 is 1.89 bits per heavy atom. The first-order valence-electron chi connectivity index (χ1n) is 6.36. The summed E-state index contributed by atoms with van der Waals surface area (Å²) in [4.78, 5) is 0. The van der Waals surface area contributed by atoms with Crippen molar-refractivity contribution in [1.29, 1.82) is 0 Å². The minimum absolute atomic E-state index is 0. The highest BCUT2D eigenvalue weighted by atomic mass is 35.5. The Bertz CT molecular complexity index is 388. The van der Waals surface area contributed by atoms with Gasteiger partial charge in [0, 0.05) is 0 Å². The molecule has 1 atom stereocenters. The van der Waals surface area contributed by atoms with Crippen LogP contribution in [0, 0.1) is 18.6 Å². The fourth-order valence-electron chi connectivity index (χ4n) is 1.79. The highest BCUT2D eigenvalue weighted by Gasteiger charge is 2.16. The van der Waals surface area contributed by atoms with Gasteiger partial charge >= 0.3 is 0 Å². The molecule has 0 heterocycles. The molecular weight excluding hydrogens is 272 g/mol. The van der Waals surface area contributed by atoms with Crippen molar-refractivity contribution < 1.29 is 13.5 Å². The van der Waals surface area contributed by atoms with Crippen molar-refractivity contribution in [2.75, 3.05) is 13.6 Å². The van der Waals surface area contributed by atoms with E-state index in [1.54, 1.807) is 0 Å². The van der Waals surface area contributed by atoms with Crippen LogP contribution >= 0.6 is 12.4 Å². The zero-order valence-electron chi connectivity index (χ0n) is 11.6. The van der Waals surface area contributed by atoms with E-state index in [1.165, 1.54) is 19.1 Å². The molecule has 1 rings (SSSR count). The summed E-state index contributed by atoms with van der Waals surface area (Å²) < 4.78 is 32.7. The van der Waals surface area contributed by atoms with Crippen LogP contribution in [-0.2, 0) is 0 Å². The van der Waals surface area contributed by atoms with Crippen molar-refractivity contribution in [3.63, 3.8) is 0 Å². The van der Waals surface area contributed by atoms with Crippen LogP contribution in [0.3, 0.4) is 0 Å². The van der Waals surface area contributed by atoms with Gasteiger partial charge in [0.15, 0.2) is 11.6 Å². The fraction of sp³-hybridized carbons (Fsp3) is 0.571. The number of rotatable bonds is 7. The van der Waals surface area contributed by atoms with Crippen LogP contribution in [-0.4, -0.2) is 19.7 Å². The van der Waals surface area contributed by atoms with Gasteiger partial charge < -0.3 is 10.1 Å². The van der Waals surface area contributed by atoms with E-state index in [0.717, 1.165) is 25.8 Å². The molecule has 0 amide bonds. The quantitative estimate of drug-likeness (QED) is 0.824. The molecule has 1 aromatic carbocycles. The van der Waals surface area contributed by atoms with E-state index in [9.17, 15) is 8.78 Å². The lowest BCUT2D eigenvalue weighted by atomic mass is 10.1. The monoisotopic (exact) mass is 293 g/mol. The van der Waals surface area contributed by atoms with Gasteiger partial charge in [-0.2, -0.15) is 4.39 Å². The van der Waals surface area contributed by atoms with E-state index >= 15 is 0 Å². The maximum Gasteiger partial charge on any atom is 0.200 e. The molecule has 1 aromatic rings. The summed E-state index contributed by atoms with van der Waals surface area (Å²) in [6, 6.07) is 3.03. The standard InChI is InChI=1S/C14H21F2NO.ClH/c1-4-5-11(8-9-17-3)18-12-7-6-10(2)13(15)14(12)16;/h6-7,11,17H,4-5,8-9H2,1-3H3;1H/t11-;/m0./s1. The number of ether oxygens (including phenoxy) is 1. The summed E-state index contributed by atoms with van der Waals surface area (Å²) in [6.07, 6.45) is 2.47. The van der Waals surface area contributed by atoms with Crippen molar-refractivity contribution in [3.05, 3.63) is 29.3 Å². The van der Waals surface area contributed by atoms with E-state index < -0.39 is 11.6 Å². The highest BCUT2D eigenvalue weighted by molar-refractivity contribution is 5.85. The first-order chi connectivity index (χ1) is 8.60. The summed E-state index contributed by atoms with van der Waals surface area (Å²) in [5.74, 6) is -1.70. The lowest BCUT2D eigenvalue weighted by Crippen LogP contribution is -2.23. The van der Waals surface area contributed by atoms with Crippen molar-refractivity contribution in [2.45, 2.75) is 39.2 Å². The number of hydrogen-bond acceptors (Lipinski definition) is 2. The molecular formula is C14H22ClF2NO. The van der Waals surface area contributed by atoms with Gasteiger partial charge in [0.05, 0.1) is 0 Å². The Kier molecular flexibility index (Phi) is 8.68. The van der Waals surface area contributed by atoms with Gasteiger partial charge in [-0.1, -0.05) is 19.4 Å². The normalized spacial score (nSPS) is 11.8. The van der Waals surface area contributed by atoms with Crippen LogP contribution in [0.5, 0.6) is 5.75 Å². The lowest BCUT2D eigenvalue weighted by molar-refractivity contribution is 0.170. The maximum atomic E-state index is 13.7. The third kappa shape index (κ3) is 5.33. The largest absolute Gasteiger partial charge is 0.487 e. The predicted octanol–water partition coefficient (Wildman–Crippen LogP) is 3.85. The average Bonchev–Trinajstić information content (AvgIpc) is 2.36. The summed E-state index contributed by atoms with van der Waals surface area (Å²) in [5, 5.41) is 3.03. The number of benzene rings is 1. The second kappa shape index (κ2) is 9.10. The van der Waals surface area contributed by atoms with Crippen molar-refractivity contribution in [1.82, 2.24) is 5.32 Å². The summed E-state index contributed by atoms with van der Waals surface area (Å²) in [6.45, 7) is 4.37. The molecule has 0 saturated heterocycles. The molecule has 0 aliphatic rings. The van der Waals surface area contributed by atoms with Gasteiger partial charge in [-0.25, -0.2) is 4.39 Å². The first-order valence-corrected chi connectivity index (χ1v) is 6.36. The zero-order valence-corrected chi connectivity index (χ0v) is 12.4. The molecule has 5 heteroatoms. The number of nitrogens with one attached hydrogen (secondary N) is 1. The van der Waals surface area contributed by atoms with Crippen LogP contribution < -0.4 is 10.1 Å². The number of hydrogen-bond donors (Lipinski definition) is 1. The molecule has 0 radical (unpaired) electrons. The molecule has 1 N–H and O–H groups in total. The molecule has 0 aromatic heterocycles. The summed E-state index contributed by atoms with van der Waals surface area (Å²) >= 11 is 0. The van der Waals surface area contributed by atoms with Crippen LogP contribution in [0.1, 0.15) is 31.7 Å². The molecule has 0 unspecified atom stereocenters. The Hall–Kier alpha value is -0.870. The van der Waals surface area contributed by atoms with Gasteiger partial charge in [-0.15, -0.1) is 12.4 Å². The maximum absolute atomic E-state index is 13.7. The van der Waals surface area contributed by atoms with Gasteiger partial charge in [0.1, 0.15) is 6.10 Å². The number of aryl methyl sites for hydroxylation is 1. The predicted molar refractivity (Wildman–Crippen MR) is 76.2 cm³/mol. The zero-order chi connectivity index (χ0) is 13.5. The molecule has 0 bridgehead atoms. The Morgan fingerprint density at radius 3 is 2.47 bits per heavy atom. The molecule has 0 aliphatic carbocycles. The molecule has 110 valence electrons. The van der Waals surface area contributed by atoms with E-state index in [4.69, 9.17) is 4.74 Å². The van der Waals surface area contributed by atoms with E-state index in [0.29, 0.717) is 5.56 Å². The summed E-state index contributed by atoms with van der Waals surface area (Å²) in [7, 11) is 1.86. The van der Waals surface area contributed by atoms with Crippen LogP contribution in [0.2, 0.25) is 0 Å². The van der Waals surface area contributed by atoms with Crippen LogP contribution in [0.4, 0.5) is 8.78 Å². The van der Waals surface area contributed by atoms with Crippen molar-refractivity contribution >= 4 is 12.4 Å². The second-order valence-corrected chi connectivity index (χ2v) is 4.43. The minimum Gasteiger partial charge on any atom is -0.487 e. The highest BCUT2D eigenvalue weighted by Crippen LogP contribution is 2.24. The Labute approximate surface area is 119 Å². The molecule has 0 fully saturated rings. The first kappa shape index (κ1) is 18.1. The van der Waals surface area contributed by atoms with Gasteiger partial charge in [-0.05, 0) is 45.0 Å². The molecule has 2 nitrogen and oxygen atoms in total. The Morgan fingerprint density at radius 1 is 1.21 bits per heavy atom. The van der Waals surface area contributed by atoms with Gasteiger partial charge in [0.2, 0.25) is 5.82 Å². The fourth-order valence-corrected chi connectivity index (χ4v) is 1.79. The average molecular weight is 294 g/mol. The smallest absolute Gasteiger partial charge is 0.200 e. The number of halogens is 3. The SMILES string of the molecule is CCC[C@@H](CCNC)Oc1ccc(C)c(F)c1F.Cl. The van der Waals surface area contributed by atoms with Gasteiger partial charge in [0.25, 0.3) is 0 Å². The van der Waals surface area contributed by atoms with Crippen molar-refractivity contribution in [3.8, 4) is 5.75 Å².